The Morgan fingerprint density at radius 3 is 2.76 bits per heavy atom. The number of rotatable bonds is 4. The normalized spacial score (nSPS) is 10.6. The number of para-hydroxylation sites is 1. The summed E-state index contributed by atoms with van der Waals surface area (Å²) in [6.45, 7) is 0.386. The Labute approximate surface area is 99.2 Å². The molecular weight excluding hydrogens is 216 g/mol. The molecule has 0 amide bonds. The van der Waals surface area contributed by atoms with E-state index in [2.05, 4.69) is 10.1 Å². The molecule has 1 aromatic carbocycles. The van der Waals surface area contributed by atoms with Crippen molar-refractivity contribution in [1.82, 2.24) is 4.98 Å². The Morgan fingerprint density at radius 1 is 1.18 bits per heavy atom. The van der Waals surface area contributed by atoms with Gasteiger partial charge in [-0.2, -0.15) is 0 Å². The SMILES string of the molecule is O/N=C/c1ccccc1OCc1ccccn1. The number of ether oxygens (including phenoxy) is 1. The first-order chi connectivity index (χ1) is 8.40. The van der Waals surface area contributed by atoms with E-state index in [1.165, 1.54) is 6.21 Å². The van der Waals surface area contributed by atoms with Crippen molar-refractivity contribution in [2.75, 3.05) is 0 Å². The van der Waals surface area contributed by atoms with Crippen molar-refractivity contribution in [2.45, 2.75) is 6.61 Å². The van der Waals surface area contributed by atoms with Gasteiger partial charge in [-0.15, -0.1) is 0 Å². The van der Waals surface area contributed by atoms with Crippen molar-refractivity contribution in [1.29, 1.82) is 0 Å². The summed E-state index contributed by atoms with van der Waals surface area (Å²) in [5, 5.41) is 11.5. The predicted octanol–water partition coefficient (Wildman–Crippen LogP) is 2.47. The number of pyridine rings is 1. The second-order valence-electron chi connectivity index (χ2n) is 3.39. The van der Waals surface area contributed by atoms with E-state index in [0.717, 1.165) is 11.3 Å². The molecular formula is C13H12N2O2. The molecule has 0 aliphatic rings. The van der Waals surface area contributed by atoms with E-state index < -0.39 is 0 Å². The first-order valence-electron chi connectivity index (χ1n) is 5.19. The fraction of sp³-hybridized carbons (Fsp3) is 0.0769. The molecule has 0 atom stereocenters. The molecule has 0 aliphatic carbocycles. The van der Waals surface area contributed by atoms with Gasteiger partial charge >= 0.3 is 0 Å². The van der Waals surface area contributed by atoms with Gasteiger partial charge in [-0.1, -0.05) is 23.4 Å². The van der Waals surface area contributed by atoms with Crippen LogP contribution in [0, 0.1) is 0 Å². The summed E-state index contributed by atoms with van der Waals surface area (Å²) in [5.74, 6) is 0.663. The van der Waals surface area contributed by atoms with Crippen molar-refractivity contribution in [3.05, 3.63) is 59.9 Å². The smallest absolute Gasteiger partial charge is 0.130 e. The van der Waals surface area contributed by atoms with Crippen molar-refractivity contribution in [3.8, 4) is 5.75 Å². The van der Waals surface area contributed by atoms with E-state index in [-0.39, 0.29) is 0 Å². The Balaban J connectivity index is 2.09. The molecule has 0 saturated heterocycles. The lowest BCUT2D eigenvalue weighted by Crippen LogP contribution is -1.99. The first-order valence-corrected chi connectivity index (χ1v) is 5.19. The largest absolute Gasteiger partial charge is 0.487 e. The van der Waals surface area contributed by atoms with Crippen molar-refractivity contribution >= 4 is 6.21 Å². The van der Waals surface area contributed by atoms with Crippen molar-refractivity contribution in [3.63, 3.8) is 0 Å². The summed E-state index contributed by atoms with van der Waals surface area (Å²) in [5.41, 5.74) is 1.58. The van der Waals surface area contributed by atoms with E-state index in [9.17, 15) is 0 Å². The number of benzene rings is 1. The molecule has 0 fully saturated rings. The van der Waals surface area contributed by atoms with Crippen LogP contribution in [0.4, 0.5) is 0 Å². The summed E-state index contributed by atoms with van der Waals surface area (Å²) in [6, 6.07) is 13.0. The van der Waals surface area contributed by atoms with E-state index in [1.54, 1.807) is 6.20 Å². The Morgan fingerprint density at radius 2 is 2.00 bits per heavy atom. The summed E-state index contributed by atoms with van der Waals surface area (Å²) in [6.07, 6.45) is 3.06. The van der Waals surface area contributed by atoms with Crippen LogP contribution in [0.1, 0.15) is 11.3 Å². The maximum Gasteiger partial charge on any atom is 0.130 e. The van der Waals surface area contributed by atoms with Gasteiger partial charge in [0.25, 0.3) is 0 Å². The Kier molecular flexibility index (Phi) is 3.70. The Hall–Kier alpha value is -2.36. The molecule has 1 heterocycles. The third-order valence-electron chi connectivity index (χ3n) is 2.22. The molecule has 0 unspecified atom stereocenters. The monoisotopic (exact) mass is 228 g/mol. The average Bonchev–Trinajstić information content (AvgIpc) is 2.39. The van der Waals surface area contributed by atoms with Gasteiger partial charge in [-0.05, 0) is 24.3 Å². The fourth-order valence-electron chi connectivity index (χ4n) is 1.42. The molecule has 0 spiro atoms. The van der Waals surface area contributed by atoms with Gasteiger partial charge in [0, 0.05) is 11.8 Å². The lowest BCUT2D eigenvalue weighted by atomic mass is 10.2. The van der Waals surface area contributed by atoms with Gasteiger partial charge in [-0.25, -0.2) is 0 Å². The molecule has 86 valence electrons. The van der Waals surface area contributed by atoms with Crippen LogP contribution in [0.2, 0.25) is 0 Å². The van der Waals surface area contributed by atoms with Crippen LogP contribution in [0.15, 0.2) is 53.8 Å². The van der Waals surface area contributed by atoms with Gasteiger partial charge < -0.3 is 9.94 Å². The second kappa shape index (κ2) is 5.65. The van der Waals surface area contributed by atoms with Crippen LogP contribution in [0.5, 0.6) is 5.75 Å². The minimum atomic E-state index is 0.386. The van der Waals surface area contributed by atoms with Gasteiger partial charge in [0.15, 0.2) is 0 Å². The van der Waals surface area contributed by atoms with Crippen molar-refractivity contribution in [2.24, 2.45) is 5.16 Å². The maximum absolute atomic E-state index is 8.53. The zero-order valence-corrected chi connectivity index (χ0v) is 9.15. The standard InChI is InChI=1S/C13H12N2O2/c16-15-9-11-5-1-2-7-13(11)17-10-12-6-3-4-8-14-12/h1-9,16H,10H2/b15-9+. The third-order valence-corrected chi connectivity index (χ3v) is 2.22. The number of aromatic nitrogens is 1. The van der Waals surface area contributed by atoms with Crippen LogP contribution in [-0.4, -0.2) is 16.4 Å². The minimum Gasteiger partial charge on any atom is -0.487 e. The van der Waals surface area contributed by atoms with Crippen LogP contribution in [0.25, 0.3) is 0 Å². The minimum absolute atomic E-state index is 0.386. The first kappa shape index (κ1) is 11.1. The highest BCUT2D eigenvalue weighted by atomic mass is 16.5. The molecule has 0 saturated carbocycles. The molecule has 0 bridgehead atoms. The molecule has 1 N–H and O–H groups in total. The van der Waals surface area contributed by atoms with Crippen LogP contribution < -0.4 is 4.74 Å². The third kappa shape index (κ3) is 3.04. The van der Waals surface area contributed by atoms with E-state index >= 15 is 0 Å². The zero-order chi connectivity index (χ0) is 11.9. The number of nitrogens with zero attached hydrogens (tertiary/aromatic N) is 2. The van der Waals surface area contributed by atoms with Gasteiger partial charge in [0.2, 0.25) is 0 Å². The molecule has 4 heteroatoms. The summed E-state index contributed by atoms with van der Waals surface area (Å²) in [7, 11) is 0. The molecule has 17 heavy (non-hydrogen) atoms. The van der Waals surface area contributed by atoms with Gasteiger partial charge in [-0.3, -0.25) is 4.98 Å². The fourth-order valence-corrected chi connectivity index (χ4v) is 1.42. The number of oxime groups is 1. The van der Waals surface area contributed by atoms with E-state index in [4.69, 9.17) is 9.94 Å². The number of hydrogen-bond acceptors (Lipinski definition) is 4. The summed E-state index contributed by atoms with van der Waals surface area (Å²) in [4.78, 5) is 4.16. The Bertz CT molecular complexity index is 498. The summed E-state index contributed by atoms with van der Waals surface area (Å²) < 4.78 is 5.61. The molecule has 2 rings (SSSR count). The second-order valence-corrected chi connectivity index (χ2v) is 3.39. The topological polar surface area (TPSA) is 54.7 Å². The van der Waals surface area contributed by atoms with E-state index in [0.29, 0.717) is 12.4 Å². The summed E-state index contributed by atoms with van der Waals surface area (Å²) >= 11 is 0. The van der Waals surface area contributed by atoms with Crippen LogP contribution >= 0.6 is 0 Å². The van der Waals surface area contributed by atoms with Gasteiger partial charge in [0.05, 0.1) is 11.9 Å². The van der Waals surface area contributed by atoms with Crippen molar-refractivity contribution < 1.29 is 9.94 Å². The highest BCUT2D eigenvalue weighted by Crippen LogP contribution is 2.17. The quantitative estimate of drug-likeness (QED) is 0.497. The average molecular weight is 228 g/mol. The zero-order valence-electron chi connectivity index (χ0n) is 9.15. The lowest BCUT2D eigenvalue weighted by molar-refractivity contribution is 0.299. The lowest BCUT2D eigenvalue weighted by Gasteiger charge is -2.07. The van der Waals surface area contributed by atoms with Crippen LogP contribution in [0.3, 0.4) is 0 Å². The number of hydrogen-bond donors (Lipinski definition) is 1. The predicted molar refractivity (Wildman–Crippen MR) is 64.4 cm³/mol. The molecule has 2 aromatic rings. The molecule has 0 radical (unpaired) electrons. The highest BCUT2D eigenvalue weighted by Gasteiger charge is 2.01. The van der Waals surface area contributed by atoms with Crippen LogP contribution in [-0.2, 0) is 6.61 Å². The molecule has 0 aliphatic heterocycles. The van der Waals surface area contributed by atoms with E-state index in [1.807, 2.05) is 42.5 Å². The molecule has 4 nitrogen and oxygen atoms in total. The maximum atomic E-state index is 8.53. The molecule has 1 aromatic heterocycles. The highest BCUT2D eigenvalue weighted by molar-refractivity contribution is 5.82. The van der Waals surface area contributed by atoms with Gasteiger partial charge in [0.1, 0.15) is 12.4 Å².